The van der Waals surface area contributed by atoms with Gasteiger partial charge in [0, 0.05) is 40.5 Å². The first-order valence-electron chi connectivity index (χ1n) is 8.86. The minimum absolute atomic E-state index is 0.115. The number of fused-ring (bicyclic) bond motifs is 3. The zero-order valence-electron chi connectivity index (χ0n) is 14.7. The maximum absolute atomic E-state index is 12.0. The SMILES string of the molecule is CCNNC(=O)c1ccc(Cn2c3ccccc3c3ccccc32)cc1. The Morgan fingerprint density at radius 3 is 2.00 bits per heavy atom. The van der Waals surface area contributed by atoms with Crippen molar-refractivity contribution in [1.29, 1.82) is 0 Å². The number of benzene rings is 3. The average molecular weight is 343 g/mol. The second kappa shape index (κ2) is 7.02. The molecule has 3 aromatic carbocycles. The van der Waals surface area contributed by atoms with Crippen LogP contribution in [0.2, 0.25) is 0 Å². The molecule has 0 spiro atoms. The summed E-state index contributed by atoms with van der Waals surface area (Å²) < 4.78 is 2.33. The molecule has 4 aromatic rings. The lowest BCUT2D eigenvalue weighted by atomic mass is 10.1. The van der Waals surface area contributed by atoms with Crippen molar-refractivity contribution >= 4 is 27.7 Å². The van der Waals surface area contributed by atoms with Crippen molar-refractivity contribution in [2.45, 2.75) is 13.5 Å². The van der Waals surface area contributed by atoms with Gasteiger partial charge in [-0.25, -0.2) is 5.43 Å². The van der Waals surface area contributed by atoms with Crippen molar-refractivity contribution in [1.82, 2.24) is 15.4 Å². The predicted molar refractivity (Wildman–Crippen MR) is 106 cm³/mol. The van der Waals surface area contributed by atoms with E-state index in [0.717, 1.165) is 12.1 Å². The van der Waals surface area contributed by atoms with E-state index in [2.05, 4.69) is 63.9 Å². The van der Waals surface area contributed by atoms with Gasteiger partial charge in [-0.3, -0.25) is 10.2 Å². The van der Waals surface area contributed by atoms with Gasteiger partial charge in [-0.15, -0.1) is 0 Å². The molecule has 0 aliphatic rings. The van der Waals surface area contributed by atoms with Gasteiger partial charge in [0.05, 0.1) is 0 Å². The van der Waals surface area contributed by atoms with E-state index < -0.39 is 0 Å². The van der Waals surface area contributed by atoms with Crippen molar-refractivity contribution in [3.8, 4) is 0 Å². The predicted octanol–water partition coefficient (Wildman–Crippen LogP) is 4.10. The van der Waals surface area contributed by atoms with Gasteiger partial charge in [-0.05, 0) is 29.8 Å². The second-order valence-electron chi connectivity index (χ2n) is 6.30. The third-order valence-corrected chi connectivity index (χ3v) is 4.62. The van der Waals surface area contributed by atoms with E-state index in [9.17, 15) is 4.79 Å². The Bertz CT molecular complexity index is 1010. The molecule has 0 saturated heterocycles. The van der Waals surface area contributed by atoms with Crippen LogP contribution in [0.3, 0.4) is 0 Å². The van der Waals surface area contributed by atoms with E-state index in [1.807, 2.05) is 31.2 Å². The first-order valence-corrected chi connectivity index (χ1v) is 8.86. The number of para-hydroxylation sites is 2. The van der Waals surface area contributed by atoms with Gasteiger partial charge >= 0.3 is 0 Å². The molecule has 0 saturated carbocycles. The Kier molecular flexibility index (Phi) is 4.42. The van der Waals surface area contributed by atoms with Crippen LogP contribution in [0.1, 0.15) is 22.8 Å². The highest BCUT2D eigenvalue weighted by molar-refractivity contribution is 6.08. The van der Waals surface area contributed by atoms with Crippen LogP contribution in [-0.2, 0) is 6.54 Å². The molecular weight excluding hydrogens is 322 g/mol. The molecule has 1 amide bonds. The van der Waals surface area contributed by atoms with Crippen molar-refractivity contribution in [2.75, 3.05) is 6.54 Å². The summed E-state index contributed by atoms with van der Waals surface area (Å²) in [7, 11) is 0. The lowest BCUT2D eigenvalue weighted by Gasteiger charge is -2.09. The number of nitrogens with one attached hydrogen (secondary N) is 2. The van der Waals surface area contributed by atoms with E-state index in [1.165, 1.54) is 21.8 Å². The molecule has 0 atom stereocenters. The van der Waals surface area contributed by atoms with Crippen LogP contribution in [0.15, 0.2) is 72.8 Å². The van der Waals surface area contributed by atoms with Crippen LogP contribution in [0.5, 0.6) is 0 Å². The Labute approximate surface area is 152 Å². The molecule has 130 valence electrons. The van der Waals surface area contributed by atoms with Crippen molar-refractivity contribution in [3.05, 3.63) is 83.9 Å². The van der Waals surface area contributed by atoms with E-state index in [-0.39, 0.29) is 5.91 Å². The van der Waals surface area contributed by atoms with Gasteiger partial charge in [0.2, 0.25) is 0 Å². The van der Waals surface area contributed by atoms with Gasteiger partial charge in [-0.1, -0.05) is 55.5 Å². The Balaban J connectivity index is 1.68. The molecule has 2 N–H and O–H groups in total. The minimum atomic E-state index is -0.115. The highest BCUT2D eigenvalue weighted by atomic mass is 16.2. The lowest BCUT2D eigenvalue weighted by molar-refractivity contribution is 0.0934. The summed E-state index contributed by atoms with van der Waals surface area (Å²) in [5, 5.41) is 2.54. The number of carbonyl (C=O) groups is 1. The standard InChI is InChI=1S/C22H21N3O/c1-2-23-24-22(26)17-13-11-16(12-14-17)15-25-20-9-5-3-7-18(20)19-8-4-6-10-21(19)25/h3-14,23H,2,15H2,1H3,(H,24,26). The Morgan fingerprint density at radius 2 is 1.42 bits per heavy atom. The lowest BCUT2D eigenvalue weighted by Crippen LogP contribution is -2.36. The third-order valence-electron chi connectivity index (χ3n) is 4.62. The molecule has 4 rings (SSSR count). The Hall–Kier alpha value is -3.11. The smallest absolute Gasteiger partial charge is 0.265 e. The third kappa shape index (κ3) is 2.95. The van der Waals surface area contributed by atoms with Crippen LogP contribution in [0.25, 0.3) is 21.8 Å². The van der Waals surface area contributed by atoms with Gasteiger partial charge in [0.1, 0.15) is 0 Å². The number of aromatic nitrogens is 1. The summed E-state index contributed by atoms with van der Waals surface area (Å²) in [4.78, 5) is 12.0. The summed E-state index contributed by atoms with van der Waals surface area (Å²) in [6, 6.07) is 24.7. The number of nitrogens with zero attached hydrogens (tertiary/aromatic N) is 1. The fourth-order valence-corrected chi connectivity index (χ4v) is 3.36. The first-order chi connectivity index (χ1) is 12.8. The molecule has 4 heteroatoms. The van der Waals surface area contributed by atoms with E-state index >= 15 is 0 Å². The van der Waals surface area contributed by atoms with Crippen molar-refractivity contribution in [3.63, 3.8) is 0 Å². The molecule has 0 fully saturated rings. The fraction of sp³-hybridized carbons (Fsp3) is 0.136. The normalized spacial score (nSPS) is 11.1. The van der Waals surface area contributed by atoms with E-state index in [0.29, 0.717) is 12.1 Å². The molecule has 4 nitrogen and oxygen atoms in total. The number of carbonyl (C=O) groups excluding carboxylic acids is 1. The van der Waals surface area contributed by atoms with Crippen molar-refractivity contribution in [2.24, 2.45) is 0 Å². The molecule has 1 heterocycles. The maximum Gasteiger partial charge on any atom is 0.265 e. The number of amides is 1. The topological polar surface area (TPSA) is 46.1 Å². The van der Waals surface area contributed by atoms with Crippen molar-refractivity contribution < 1.29 is 4.79 Å². The van der Waals surface area contributed by atoms with E-state index in [1.54, 1.807) is 0 Å². The summed E-state index contributed by atoms with van der Waals surface area (Å²) in [6.45, 7) is 3.40. The number of hydrogen-bond donors (Lipinski definition) is 2. The molecule has 0 aliphatic heterocycles. The van der Waals surface area contributed by atoms with Gasteiger partial charge < -0.3 is 4.57 Å². The monoisotopic (exact) mass is 343 g/mol. The molecule has 1 aromatic heterocycles. The van der Waals surface area contributed by atoms with Crippen LogP contribution in [0.4, 0.5) is 0 Å². The highest BCUT2D eigenvalue weighted by Crippen LogP contribution is 2.29. The summed E-state index contributed by atoms with van der Waals surface area (Å²) in [5.41, 5.74) is 9.76. The number of rotatable bonds is 5. The summed E-state index contributed by atoms with van der Waals surface area (Å²) in [5.74, 6) is -0.115. The molecule has 0 bridgehead atoms. The maximum atomic E-state index is 12.0. The van der Waals surface area contributed by atoms with Crippen LogP contribution >= 0.6 is 0 Å². The molecular formula is C22H21N3O. The molecule has 0 unspecified atom stereocenters. The van der Waals surface area contributed by atoms with E-state index in [4.69, 9.17) is 0 Å². The quantitative estimate of drug-likeness (QED) is 0.536. The fourth-order valence-electron chi connectivity index (χ4n) is 3.36. The van der Waals surface area contributed by atoms with Crippen LogP contribution in [-0.4, -0.2) is 17.0 Å². The zero-order valence-corrected chi connectivity index (χ0v) is 14.7. The number of hydrogen-bond acceptors (Lipinski definition) is 2. The average Bonchev–Trinajstić information content (AvgIpc) is 3.01. The minimum Gasteiger partial charge on any atom is -0.336 e. The molecule has 0 radical (unpaired) electrons. The summed E-state index contributed by atoms with van der Waals surface area (Å²) >= 11 is 0. The number of hydrazine groups is 1. The highest BCUT2D eigenvalue weighted by Gasteiger charge is 2.10. The first kappa shape index (κ1) is 16.4. The molecule has 26 heavy (non-hydrogen) atoms. The van der Waals surface area contributed by atoms with Crippen LogP contribution in [0, 0.1) is 0 Å². The van der Waals surface area contributed by atoms with Gasteiger partial charge in [-0.2, -0.15) is 0 Å². The van der Waals surface area contributed by atoms with Gasteiger partial charge in [0.25, 0.3) is 5.91 Å². The van der Waals surface area contributed by atoms with Crippen LogP contribution < -0.4 is 10.9 Å². The largest absolute Gasteiger partial charge is 0.336 e. The zero-order chi connectivity index (χ0) is 17.9. The molecule has 0 aliphatic carbocycles. The summed E-state index contributed by atoms with van der Waals surface area (Å²) in [6.07, 6.45) is 0. The van der Waals surface area contributed by atoms with Gasteiger partial charge in [0.15, 0.2) is 0 Å². The second-order valence-corrected chi connectivity index (χ2v) is 6.30. The Morgan fingerprint density at radius 1 is 0.846 bits per heavy atom.